The number of carboxylic acid groups (broad SMARTS) is 1. The van der Waals surface area contributed by atoms with Crippen LogP contribution in [0.25, 0.3) is 22.2 Å². The third kappa shape index (κ3) is 2.42. The molecular weight excluding hydrogens is 254 g/mol. The molecule has 3 rings (SSSR count). The van der Waals surface area contributed by atoms with Gasteiger partial charge in [-0.25, -0.2) is 14.8 Å². The smallest absolute Gasteiger partial charge is 0.409 e. The van der Waals surface area contributed by atoms with Gasteiger partial charge in [-0.05, 0) is 35.0 Å². The van der Waals surface area contributed by atoms with E-state index in [2.05, 4.69) is 15.3 Å². The fourth-order valence-corrected chi connectivity index (χ4v) is 2.03. The zero-order valence-corrected chi connectivity index (χ0v) is 10.4. The van der Waals surface area contributed by atoms with Crippen LogP contribution in [0.5, 0.6) is 0 Å². The lowest BCUT2D eigenvalue weighted by Gasteiger charge is -2.05. The summed E-state index contributed by atoms with van der Waals surface area (Å²) in [7, 11) is 0. The highest BCUT2D eigenvalue weighted by Crippen LogP contribution is 2.24. The molecule has 2 aromatic carbocycles. The molecule has 0 unspecified atom stereocenters. The number of hydrogen-bond acceptors (Lipinski definition) is 3. The minimum Gasteiger partial charge on any atom is -0.465 e. The van der Waals surface area contributed by atoms with E-state index >= 15 is 0 Å². The van der Waals surface area contributed by atoms with Crippen LogP contribution in [0, 0.1) is 0 Å². The van der Waals surface area contributed by atoms with Crippen molar-refractivity contribution >= 4 is 22.6 Å². The zero-order valence-electron chi connectivity index (χ0n) is 10.4. The number of nitrogens with one attached hydrogen (secondary N) is 1. The fourth-order valence-electron chi connectivity index (χ4n) is 2.03. The number of rotatable bonds is 2. The van der Waals surface area contributed by atoms with Crippen molar-refractivity contribution in [2.24, 2.45) is 0 Å². The Hall–Kier alpha value is -2.95. The minimum absolute atomic E-state index is 0.550. The predicted octanol–water partition coefficient (Wildman–Crippen LogP) is 3.39. The second-order valence-corrected chi connectivity index (χ2v) is 4.28. The third-order valence-electron chi connectivity index (χ3n) is 2.92. The molecule has 0 aliphatic carbocycles. The summed E-state index contributed by atoms with van der Waals surface area (Å²) in [6.45, 7) is 0. The van der Waals surface area contributed by atoms with E-state index < -0.39 is 6.09 Å². The maximum Gasteiger partial charge on any atom is 0.409 e. The van der Waals surface area contributed by atoms with Crippen LogP contribution in [0.15, 0.2) is 54.9 Å². The molecule has 1 aromatic heterocycles. The summed E-state index contributed by atoms with van der Waals surface area (Å²) in [6, 6.07) is 13.0. The number of amides is 1. The van der Waals surface area contributed by atoms with Gasteiger partial charge in [-0.3, -0.25) is 5.32 Å². The molecular formula is C15H11N3O2. The number of carbonyl (C=O) groups is 1. The second-order valence-electron chi connectivity index (χ2n) is 4.28. The Morgan fingerprint density at radius 1 is 1.00 bits per heavy atom. The molecule has 0 spiro atoms. The summed E-state index contributed by atoms with van der Waals surface area (Å²) < 4.78 is 0. The van der Waals surface area contributed by atoms with Crippen molar-refractivity contribution in [3.05, 3.63) is 54.9 Å². The van der Waals surface area contributed by atoms with Gasteiger partial charge in [0.2, 0.25) is 0 Å². The standard InChI is InChI=1S/C15H11N3O2/c19-15(20)18-13-5-4-10-8-12(3-2-11(10)9-13)14-16-6-1-7-17-14/h1-9,18H,(H,19,20). The van der Waals surface area contributed by atoms with Crippen LogP contribution in [0.3, 0.4) is 0 Å². The average Bonchev–Trinajstić information content (AvgIpc) is 2.47. The largest absolute Gasteiger partial charge is 0.465 e. The number of fused-ring (bicyclic) bond motifs is 1. The first-order valence-electron chi connectivity index (χ1n) is 6.03. The van der Waals surface area contributed by atoms with E-state index in [1.54, 1.807) is 30.6 Å². The van der Waals surface area contributed by atoms with Crippen molar-refractivity contribution in [2.45, 2.75) is 0 Å². The summed E-state index contributed by atoms with van der Waals surface area (Å²) in [5.74, 6) is 0.669. The first-order valence-corrected chi connectivity index (χ1v) is 6.03. The molecule has 1 amide bonds. The first-order chi connectivity index (χ1) is 9.72. The molecule has 1 heterocycles. The topological polar surface area (TPSA) is 75.1 Å². The highest BCUT2D eigenvalue weighted by atomic mass is 16.4. The molecule has 20 heavy (non-hydrogen) atoms. The number of anilines is 1. The predicted molar refractivity (Wildman–Crippen MR) is 76.6 cm³/mol. The number of aromatic nitrogens is 2. The van der Waals surface area contributed by atoms with Gasteiger partial charge in [0.25, 0.3) is 0 Å². The van der Waals surface area contributed by atoms with Crippen LogP contribution in [0.4, 0.5) is 10.5 Å². The van der Waals surface area contributed by atoms with Crippen molar-refractivity contribution in [2.75, 3.05) is 5.32 Å². The molecule has 98 valence electrons. The van der Waals surface area contributed by atoms with Crippen LogP contribution >= 0.6 is 0 Å². The van der Waals surface area contributed by atoms with E-state index in [1.165, 1.54) is 0 Å². The number of hydrogen-bond donors (Lipinski definition) is 2. The van der Waals surface area contributed by atoms with Crippen LogP contribution in [0.2, 0.25) is 0 Å². The summed E-state index contributed by atoms with van der Waals surface area (Å²) >= 11 is 0. The third-order valence-corrected chi connectivity index (χ3v) is 2.92. The SMILES string of the molecule is O=C(O)Nc1ccc2cc(-c3ncccn3)ccc2c1. The number of benzene rings is 2. The zero-order chi connectivity index (χ0) is 13.9. The van der Waals surface area contributed by atoms with Crippen LogP contribution < -0.4 is 5.32 Å². The Labute approximate surface area is 114 Å². The average molecular weight is 265 g/mol. The van der Waals surface area contributed by atoms with E-state index in [1.807, 2.05) is 24.3 Å². The van der Waals surface area contributed by atoms with Crippen molar-refractivity contribution in [3.8, 4) is 11.4 Å². The van der Waals surface area contributed by atoms with Crippen LogP contribution in [0.1, 0.15) is 0 Å². The van der Waals surface area contributed by atoms with E-state index in [0.29, 0.717) is 11.5 Å². The highest BCUT2D eigenvalue weighted by molar-refractivity contribution is 5.92. The fraction of sp³-hybridized carbons (Fsp3) is 0. The monoisotopic (exact) mass is 265 g/mol. The van der Waals surface area contributed by atoms with Gasteiger partial charge in [-0.1, -0.05) is 18.2 Å². The Kier molecular flexibility index (Phi) is 3.01. The van der Waals surface area contributed by atoms with Gasteiger partial charge < -0.3 is 5.11 Å². The van der Waals surface area contributed by atoms with Crippen LogP contribution in [-0.4, -0.2) is 21.2 Å². The quantitative estimate of drug-likeness (QED) is 0.744. The molecule has 0 radical (unpaired) electrons. The summed E-state index contributed by atoms with van der Waals surface area (Å²) in [4.78, 5) is 19.0. The highest BCUT2D eigenvalue weighted by Gasteiger charge is 2.03. The molecule has 0 saturated heterocycles. The van der Waals surface area contributed by atoms with Gasteiger partial charge in [0, 0.05) is 23.6 Å². The molecule has 0 bridgehead atoms. The molecule has 0 aliphatic rings. The molecule has 5 nitrogen and oxygen atoms in total. The van der Waals surface area contributed by atoms with Gasteiger partial charge in [0.15, 0.2) is 5.82 Å². The van der Waals surface area contributed by atoms with E-state index in [4.69, 9.17) is 5.11 Å². The van der Waals surface area contributed by atoms with Crippen molar-refractivity contribution in [1.82, 2.24) is 9.97 Å². The lowest BCUT2D eigenvalue weighted by atomic mass is 10.1. The summed E-state index contributed by atoms with van der Waals surface area (Å²) in [6.07, 6.45) is 2.33. The Bertz CT molecular complexity index is 772. The Balaban J connectivity index is 2.03. The Morgan fingerprint density at radius 2 is 1.70 bits per heavy atom. The van der Waals surface area contributed by atoms with Gasteiger partial charge in [0.1, 0.15) is 0 Å². The lowest BCUT2D eigenvalue weighted by molar-refractivity contribution is 0.210. The minimum atomic E-state index is -1.07. The Morgan fingerprint density at radius 3 is 2.45 bits per heavy atom. The number of nitrogens with zero attached hydrogens (tertiary/aromatic N) is 2. The summed E-state index contributed by atoms with van der Waals surface area (Å²) in [5.41, 5.74) is 1.48. The molecule has 0 atom stereocenters. The van der Waals surface area contributed by atoms with Crippen molar-refractivity contribution < 1.29 is 9.90 Å². The van der Waals surface area contributed by atoms with Gasteiger partial charge >= 0.3 is 6.09 Å². The maximum atomic E-state index is 10.6. The van der Waals surface area contributed by atoms with Crippen molar-refractivity contribution in [1.29, 1.82) is 0 Å². The van der Waals surface area contributed by atoms with Gasteiger partial charge in [0.05, 0.1) is 0 Å². The second kappa shape index (κ2) is 4.97. The molecule has 0 aliphatic heterocycles. The molecule has 2 N–H and O–H groups in total. The molecule has 3 aromatic rings. The molecule has 0 fully saturated rings. The molecule has 5 heteroatoms. The van der Waals surface area contributed by atoms with Crippen LogP contribution in [-0.2, 0) is 0 Å². The van der Waals surface area contributed by atoms with E-state index in [0.717, 1.165) is 16.3 Å². The lowest BCUT2D eigenvalue weighted by Crippen LogP contribution is -2.06. The summed E-state index contributed by atoms with van der Waals surface area (Å²) in [5, 5.41) is 13.0. The van der Waals surface area contributed by atoms with E-state index in [9.17, 15) is 4.79 Å². The van der Waals surface area contributed by atoms with Gasteiger partial charge in [-0.2, -0.15) is 0 Å². The first kappa shape index (κ1) is 12.1. The van der Waals surface area contributed by atoms with Crippen molar-refractivity contribution in [3.63, 3.8) is 0 Å². The maximum absolute atomic E-state index is 10.6. The van der Waals surface area contributed by atoms with E-state index in [-0.39, 0.29) is 0 Å². The van der Waals surface area contributed by atoms with Gasteiger partial charge in [-0.15, -0.1) is 0 Å². The normalized spacial score (nSPS) is 10.4. The molecule has 0 saturated carbocycles.